The summed E-state index contributed by atoms with van der Waals surface area (Å²) in [7, 11) is 0. The van der Waals surface area contributed by atoms with Crippen LogP contribution in [0.25, 0.3) is 0 Å². The van der Waals surface area contributed by atoms with Crippen molar-refractivity contribution in [2.24, 2.45) is 21.7 Å². The van der Waals surface area contributed by atoms with Gasteiger partial charge in [0.25, 0.3) is 0 Å². The van der Waals surface area contributed by atoms with Gasteiger partial charge in [-0.3, -0.25) is 19.2 Å². The van der Waals surface area contributed by atoms with Crippen LogP contribution >= 0.6 is 0 Å². The Morgan fingerprint density at radius 2 is 0.857 bits per heavy atom. The second-order valence-corrected chi connectivity index (χ2v) is 9.98. The molecule has 0 bridgehead atoms. The Morgan fingerprint density at radius 1 is 0.543 bits per heavy atom. The first-order chi connectivity index (χ1) is 16.1. The van der Waals surface area contributed by atoms with Gasteiger partial charge in [0.1, 0.15) is 42.7 Å². The quantitative estimate of drug-likeness (QED) is 0.120. The number of esters is 4. The van der Waals surface area contributed by atoms with Gasteiger partial charge in [0.15, 0.2) is 0 Å². The molecule has 12 heteroatoms. The zero-order valence-electron chi connectivity index (χ0n) is 21.4. The third kappa shape index (κ3) is 9.02. The van der Waals surface area contributed by atoms with Crippen LogP contribution in [0.5, 0.6) is 0 Å². The van der Waals surface area contributed by atoms with Gasteiger partial charge < -0.3 is 39.4 Å². The molecule has 0 aliphatic heterocycles. The highest BCUT2D eigenvalue weighted by Crippen LogP contribution is 2.26. The lowest BCUT2D eigenvalue weighted by Gasteiger charge is -2.30. The van der Waals surface area contributed by atoms with Crippen molar-refractivity contribution >= 4 is 23.9 Å². The molecule has 0 aromatic rings. The van der Waals surface area contributed by atoms with Crippen molar-refractivity contribution in [3.63, 3.8) is 0 Å². The molecule has 35 heavy (non-hydrogen) atoms. The van der Waals surface area contributed by atoms with Crippen molar-refractivity contribution in [3.8, 4) is 0 Å². The standard InChI is InChI=1S/C23H40O12/c1-7-20(2,3)16(28)32-8-9-33-19(31)23(6,14-34-17(29)21(4,10-24)11-25)15-35-18(30)22(5,12-26)13-27/h24-27H,7-15H2,1-6H3. The Kier molecular flexibility index (Phi) is 12.8. The summed E-state index contributed by atoms with van der Waals surface area (Å²) in [5, 5.41) is 37.5. The maximum Gasteiger partial charge on any atom is 0.318 e. The van der Waals surface area contributed by atoms with Crippen molar-refractivity contribution in [2.45, 2.75) is 48.0 Å². The van der Waals surface area contributed by atoms with Crippen LogP contribution in [0.15, 0.2) is 0 Å². The normalized spacial score (nSPS) is 12.6. The summed E-state index contributed by atoms with van der Waals surface area (Å²) in [5.41, 5.74) is -5.71. The maximum absolute atomic E-state index is 12.8. The molecule has 0 fully saturated rings. The van der Waals surface area contributed by atoms with E-state index in [4.69, 9.17) is 18.9 Å². The monoisotopic (exact) mass is 508 g/mol. The molecule has 204 valence electrons. The molecule has 0 unspecified atom stereocenters. The smallest absolute Gasteiger partial charge is 0.318 e. The number of ether oxygens (including phenoxy) is 4. The fraction of sp³-hybridized carbons (Fsp3) is 0.826. The van der Waals surface area contributed by atoms with E-state index >= 15 is 0 Å². The first kappa shape index (κ1) is 32.7. The van der Waals surface area contributed by atoms with E-state index in [9.17, 15) is 39.6 Å². The Balaban J connectivity index is 5.39. The molecule has 0 heterocycles. The molecule has 0 radical (unpaired) electrons. The average Bonchev–Trinajstić information content (AvgIpc) is 2.86. The fourth-order valence-electron chi connectivity index (χ4n) is 2.10. The highest BCUT2D eigenvalue weighted by Gasteiger charge is 2.43. The molecule has 0 aromatic heterocycles. The maximum atomic E-state index is 12.8. The fourth-order valence-corrected chi connectivity index (χ4v) is 2.10. The van der Waals surface area contributed by atoms with E-state index in [-0.39, 0.29) is 13.2 Å². The Bertz CT molecular complexity index is 688. The van der Waals surface area contributed by atoms with Crippen LogP contribution in [0.3, 0.4) is 0 Å². The van der Waals surface area contributed by atoms with E-state index in [1.165, 1.54) is 20.8 Å². The first-order valence-corrected chi connectivity index (χ1v) is 11.2. The van der Waals surface area contributed by atoms with Crippen molar-refractivity contribution in [1.29, 1.82) is 0 Å². The molecule has 0 rings (SSSR count). The van der Waals surface area contributed by atoms with Gasteiger partial charge in [-0.25, -0.2) is 0 Å². The van der Waals surface area contributed by atoms with Gasteiger partial charge in [-0.05, 0) is 41.0 Å². The van der Waals surface area contributed by atoms with Crippen LogP contribution in [-0.2, 0) is 38.1 Å². The lowest BCUT2D eigenvalue weighted by atomic mass is 9.90. The van der Waals surface area contributed by atoms with Gasteiger partial charge in [-0.2, -0.15) is 0 Å². The zero-order valence-corrected chi connectivity index (χ0v) is 21.4. The molecule has 0 saturated carbocycles. The highest BCUT2D eigenvalue weighted by molar-refractivity contribution is 5.81. The largest absolute Gasteiger partial charge is 0.464 e. The lowest BCUT2D eigenvalue weighted by molar-refractivity contribution is -0.180. The van der Waals surface area contributed by atoms with Crippen LogP contribution < -0.4 is 0 Å². The number of hydrogen-bond acceptors (Lipinski definition) is 12. The van der Waals surface area contributed by atoms with Crippen LogP contribution in [-0.4, -0.2) is 97.2 Å². The minimum absolute atomic E-state index is 0.232. The van der Waals surface area contributed by atoms with E-state index in [0.29, 0.717) is 6.42 Å². The van der Waals surface area contributed by atoms with Gasteiger partial charge in [0.05, 0.1) is 31.8 Å². The summed E-state index contributed by atoms with van der Waals surface area (Å²) < 4.78 is 20.5. The predicted octanol–water partition coefficient (Wildman–Crippen LogP) is -0.416. The minimum Gasteiger partial charge on any atom is -0.464 e. The first-order valence-electron chi connectivity index (χ1n) is 11.2. The highest BCUT2D eigenvalue weighted by atomic mass is 16.6. The van der Waals surface area contributed by atoms with Crippen molar-refractivity contribution in [1.82, 2.24) is 0 Å². The Morgan fingerprint density at radius 3 is 1.17 bits per heavy atom. The molecule has 0 saturated heterocycles. The van der Waals surface area contributed by atoms with Gasteiger partial charge in [0, 0.05) is 0 Å². The minimum atomic E-state index is -1.74. The number of carbonyl (C=O) groups excluding carboxylic acids is 4. The van der Waals surface area contributed by atoms with Gasteiger partial charge in [-0.15, -0.1) is 0 Å². The summed E-state index contributed by atoms with van der Waals surface area (Å²) in [4.78, 5) is 49.5. The Labute approximate surface area is 205 Å². The van der Waals surface area contributed by atoms with Gasteiger partial charge in [-0.1, -0.05) is 6.92 Å². The number of rotatable bonds is 16. The topological polar surface area (TPSA) is 186 Å². The molecule has 0 aliphatic rings. The predicted molar refractivity (Wildman–Crippen MR) is 121 cm³/mol. The van der Waals surface area contributed by atoms with E-state index in [2.05, 4.69) is 0 Å². The van der Waals surface area contributed by atoms with Gasteiger partial charge in [0.2, 0.25) is 0 Å². The zero-order chi connectivity index (χ0) is 27.5. The summed E-state index contributed by atoms with van der Waals surface area (Å²) in [5.74, 6) is -3.42. The van der Waals surface area contributed by atoms with Crippen LogP contribution in [0.4, 0.5) is 0 Å². The van der Waals surface area contributed by atoms with E-state index in [0.717, 1.165) is 0 Å². The average molecular weight is 509 g/mol. The summed E-state index contributed by atoms with van der Waals surface area (Å²) in [6.45, 7) is 4.31. The molecule has 12 nitrogen and oxygen atoms in total. The summed E-state index contributed by atoms with van der Waals surface area (Å²) in [6.07, 6.45) is 0.543. The molecule has 4 N–H and O–H groups in total. The van der Waals surface area contributed by atoms with E-state index in [1.54, 1.807) is 13.8 Å². The van der Waals surface area contributed by atoms with Crippen LogP contribution in [0.1, 0.15) is 48.0 Å². The molecule has 0 aromatic carbocycles. The number of carbonyl (C=O) groups is 4. The third-order valence-corrected chi connectivity index (χ3v) is 5.90. The third-order valence-electron chi connectivity index (χ3n) is 5.90. The summed E-state index contributed by atoms with van der Waals surface area (Å²) >= 11 is 0. The lowest BCUT2D eigenvalue weighted by Crippen LogP contribution is -2.45. The van der Waals surface area contributed by atoms with Crippen molar-refractivity contribution < 1.29 is 58.6 Å². The van der Waals surface area contributed by atoms with E-state index < -0.39 is 85.2 Å². The van der Waals surface area contributed by atoms with Crippen LogP contribution in [0.2, 0.25) is 0 Å². The summed E-state index contributed by atoms with van der Waals surface area (Å²) in [6, 6.07) is 0. The number of hydrogen-bond donors (Lipinski definition) is 4. The van der Waals surface area contributed by atoms with E-state index in [1.807, 2.05) is 6.92 Å². The molecular formula is C23H40O12. The number of aliphatic hydroxyl groups is 4. The second-order valence-electron chi connectivity index (χ2n) is 9.98. The van der Waals surface area contributed by atoms with Gasteiger partial charge >= 0.3 is 23.9 Å². The van der Waals surface area contributed by atoms with Crippen molar-refractivity contribution in [2.75, 3.05) is 52.9 Å². The second kappa shape index (κ2) is 13.7. The number of aliphatic hydroxyl groups excluding tert-OH is 4. The van der Waals surface area contributed by atoms with Crippen LogP contribution in [0, 0.1) is 21.7 Å². The molecule has 0 amide bonds. The van der Waals surface area contributed by atoms with Crippen molar-refractivity contribution in [3.05, 3.63) is 0 Å². The SMILES string of the molecule is CCC(C)(C)C(=O)OCCOC(=O)C(C)(COC(=O)C(C)(CO)CO)COC(=O)C(C)(CO)CO. The molecule has 0 atom stereocenters. The molecule has 0 aliphatic carbocycles. The molecular weight excluding hydrogens is 468 g/mol. The molecule has 0 spiro atoms. The Hall–Kier alpha value is -2.28.